The smallest absolute Gasteiger partial charge is 0.311 e. The van der Waals surface area contributed by atoms with E-state index in [1.165, 1.54) is 6.33 Å². The molecule has 1 amide bonds. The molecule has 1 aliphatic rings. The van der Waals surface area contributed by atoms with Gasteiger partial charge in [0.25, 0.3) is 5.78 Å². The Labute approximate surface area is 149 Å². The summed E-state index contributed by atoms with van der Waals surface area (Å²) in [5.41, 5.74) is 0.883. The lowest BCUT2D eigenvalue weighted by Crippen LogP contribution is -2.49. The van der Waals surface area contributed by atoms with Crippen LogP contribution in [0.15, 0.2) is 16.8 Å². The Morgan fingerprint density at radius 3 is 2.81 bits per heavy atom. The van der Waals surface area contributed by atoms with Crippen molar-refractivity contribution in [1.29, 1.82) is 0 Å². The molecule has 0 spiro atoms. The Balaban J connectivity index is 1.46. The number of rotatable bonds is 4. The molecule has 0 aromatic carbocycles. The van der Waals surface area contributed by atoms with E-state index in [0.717, 1.165) is 17.9 Å². The Hall–Kier alpha value is -3.04. The number of carbonyl (C=O) groups is 1. The van der Waals surface area contributed by atoms with Crippen molar-refractivity contribution in [3.63, 3.8) is 0 Å². The first-order valence-corrected chi connectivity index (χ1v) is 8.69. The number of hydrogen-bond donors (Lipinski definition) is 0. The van der Waals surface area contributed by atoms with Gasteiger partial charge in [-0.05, 0) is 13.3 Å². The molecule has 10 heteroatoms. The molecule has 0 aliphatic carbocycles. The predicted molar refractivity (Wildman–Crippen MR) is 91.9 cm³/mol. The molecule has 10 nitrogen and oxygen atoms in total. The molecule has 1 fully saturated rings. The van der Waals surface area contributed by atoms with E-state index in [-0.39, 0.29) is 11.8 Å². The normalized spacial score (nSPS) is 15.0. The first-order valence-electron chi connectivity index (χ1n) is 8.69. The molecule has 0 radical (unpaired) electrons. The van der Waals surface area contributed by atoms with Crippen LogP contribution in [0.3, 0.4) is 0 Å². The second-order valence-electron chi connectivity index (χ2n) is 6.26. The minimum Gasteiger partial charge on any atom is -0.417 e. The number of nitrogens with zero attached hydrogens (tertiary/aromatic N) is 8. The maximum absolute atomic E-state index is 12.6. The number of anilines is 1. The Bertz CT molecular complexity index is 925. The van der Waals surface area contributed by atoms with Crippen molar-refractivity contribution < 1.29 is 9.21 Å². The highest BCUT2D eigenvalue weighted by atomic mass is 16.4. The molecule has 136 valence electrons. The van der Waals surface area contributed by atoms with E-state index in [1.807, 2.05) is 19.9 Å². The Morgan fingerprint density at radius 2 is 2.04 bits per heavy atom. The first-order chi connectivity index (χ1) is 12.7. The van der Waals surface area contributed by atoms with Crippen LogP contribution in [0.25, 0.3) is 5.78 Å². The van der Waals surface area contributed by atoms with Crippen LogP contribution in [0.5, 0.6) is 0 Å². The lowest BCUT2D eigenvalue weighted by Gasteiger charge is -2.35. The predicted octanol–water partition coefficient (Wildman–Crippen LogP) is 0.731. The SMILES string of the molecule is CCCc1nnc(C(=O)N2CCN(c3cc(C)nc4ncnn34)CC2)o1. The van der Waals surface area contributed by atoms with Crippen molar-refractivity contribution >= 4 is 17.5 Å². The summed E-state index contributed by atoms with van der Waals surface area (Å²) in [6.07, 6.45) is 3.08. The topological polar surface area (TPSA) is 106 Å². The minimum absolute atomic E-state index is 0.0697. The maximum atomic E-state index is 12.6. The summed E-state index contributed by atoms with van der Waals surface area (Å²) in [5.74, 6) is 1.87. The van der Waals surface area contributed by atoms with Gasteiger partial charge >= 0.3 is 11.8 Å². The molecule has 4 rings (SSSR count). The van der Waals surface area contributed by atoms with Gasteiger partial charge in [-0.3, -0.25) is 4.79 Å². The van der Waals surface area contributed by atoms with Crippen LogP contribution in [0.4, 0.5) is 5.82 Å². The van der Waals surface area contributed by atoms with Gasteiger partial charge in [0, 0.05) is 44.4 Å². The zero-order chi connectivity index (χ0) is 18.1. The summed E-state index contributed by atoms with van der Waals surface area (Å²) in [4.78, 5) is 25.0. The average molecular weight is 356 g/mol. The third kappa shape index (κ3) is 2.98. The summed E-state index contributed by atoms with van der Waals surface area (Å²) in [6, 6.07) is 1.98. The number of piperazine rings is 1. The van der Waals surface area contributed by atoms with Gasteiger partial charge in [0.15, 0.2) is 0 Å². The highest BCUT2D eigenvalue weighted by molar-refractivity contribution is 5.89. The van der Waals surface area contributed by atoms with Gasteiger partial charge in [-0.2, -0.15) is 14.6 Å². The minimum atomic E-state index is -0.212. The van der Waals surface area contributed by atoms with Crippen LogP contribution in [-0.2, 0) is 6.42 Å². The molecular weight excluding hydrogens is 336 g/mol. The van der Waals surface area contributed by atoms with Gasteiger partial charge in [-0.25, -0.2) is 4.98 Å². The van der Waals surface area contributed by atoms with Crippen molar-refractivity contribution in [3.8, 4) is 0 Å². The molecule has 1 saturated heterocycles. The second kappa shape index (κ2) is 6.70. The van der Waals surface area contributed by atoms with Crippen molar-refractivity contribution in [3.05, 3.63) is 29.9 Å². The highest BCUT2D eigenvalue weighted by Crippen LogP contribution is 2.18. The molecule has 1 aliphatic heterocycles. The number of carbonyl (C=O) groups excluding carboxylic acids is 1. The fraction of sp³-hybridized carbons (Fsp3) is 0.500. The van der Waals surface area contributed by atoms with Crippen molar-refractivity contribution in [1.82, 2.24) is 34.7 Å². The summed E-state index contributed by atoms with van der Waals surface area (Å²) < 4.78 is 7.18. The Morgan fingerprint density at radius 1 is 1.23 bits per heavy atom. The zero-order valence-electron chi connectivity index (χ0n) is 14.8. The van der Waals surface area contributed by atoms with Gasteiger partial charge < -0.3 is 14.2 Å². The fourth-order valence-electron chi connectivity index (χ4n) is 3.07. The van der Waals surface area contributed by atoms with Crippen molar-refractivity contribution in [2.75, 3.05) is 31.1 Å². The monoisotopic (exact) mass is 356 g/mol. The summed E-state index contributed by atoms with van der Waals surface area (Å²) in [5, 5.41) is 12.0. The van der Waals surface area contributed by atoms with Gasteiger partial charge in [-0.15, -0.1) is 10.2 Å². The second-order valence-corrected chi connectivity index (χ2v) is 6.26. The van der Waals surface area contributed by atoms with E-state index in [0.29, 0.717) is 44.3 Å². The van der Waals surface area contributed by atoms with E-state index >= 15 is 0 Å². The number of fused-ring (bicyclic) bond motifs is 1. The summed E-state index contributed by atoms with van der Waals surface area (Å²) in [7, 11) is 0. The van der Waals surface area contributed by atoms with Crippen LogP contribution in [0.1, 0.15) is 35.6 Å². The first kappa shape index (κ1) is 16.4. The molecule has 0 N–H and O–H groups in total. The number of aryl methyl sites for hydroxylation is 2. The van der Waals surface area contributed by atoms with E-state index in [4.69, 9.17) is 4.42 Å². The van der Waals surface area contributed by atoms with Crippen molar-refractivity contribution in [2.45, 2.75) is 26.7 Å². The van der Waals surface area contributed by atoms with Crippen LogP contribution in [0, 0.1) is 6.92 Å². The number of hydrogen-bond acceptors (Lipinski definition) is 8. The van der Waals surface area contributed by atoms with Gasteiger partial charge in [0.1, 0.15) is 12.1 Å². The van der Waals surface area contributed by atoms with Gasteiger partial charge in [-0.1, -0.05) is 6.92 Å². The highest BCUT2D eigenvalue weighted by Gasteiger charge is 2.27. The van der Waals surface area contributed by atoms with Crippen LogP contribution < -0.4 is 4.90 Å². The molecular formula is C16H20N8O2. The number of aromatic nitrogens is 6. The Kier molecular flexibility index (Phi) is 4.23. The van der Waals surface area contributed by atoms with Crippen LogP contribution in [0.2, 0.25) is 0 Å². The molecule has 0 saturated carbocycles. The van der Waals surface area contributed by atoms with E-state index in [9.17, 15) is 4.79 Å². The van der Waals surface area contributed by atoms with E-state index < -0.39 is 0 Å². The quantitative estimate of drug-likeness (QED) is 0.674. The largest absolute Gasteiger partial charge is 0.417 e. The molecule has 0 atom stereocenters. The standard InChI is InChI=1S/C16H20N8O2/c1-3-4-12-20-21-14(26-12)15(25)23-7-5-22(6-8-23)13-9-11(2)19-16-17-10-18-24(13)16/h9-10H,3-8H2,1-2H3. The molecule has 4 heterocycles. The fourth-order valence-corrected chi connectivity index (χ4v) is 3.07. The summed E-state index contributed by atoms with van der Waals surface area (Å²) in [6.45, 7) is 6.46. The maximum Gasteiger partial charge on any atom is 0.311 e. The van der Waals surface area contributed by atoms with Crippen LogP contribution in [-0.4, -0.2) is 66.8 Å². The third-order valence-corrected chi connectivity index (χ3v) is 4.37. The molecule has 26 heavy (non-hydrogen) atoms. The zero-order valence-corrected chi connectivity index (χ0v) is 14.8. The van der Waals surface area contributed by atoms with Gasteiger partial charge in [0.05, 0.1) is 0 Å². The molecule has 0 unspecified atom stereocenters. The van der Waals surface area contributed by atoms with E-state index in [2.05, 4.69) is 30.2 Å². The lowest BCUT2D eigenvalue weighted by molar-refractivity contribution is 0.0704. The van der Waals surface area contributed by atoms with Crippen LogP contribution >= 0.6 is 0 Å². The molecule has 0 bridgehead atoms. The lowest BCUT2D eigenvalue weighted by atomic mass is 10.3. The molecule has 3 aromatic rings. The summed E-state index contributed by atoms with van der Waals surface area (Å²) >= 11 is 0. The molecule has 3 aromatic heterocycles. The van der Waals surface area contributed by atoms with Gasteiger partial charge in [0.2, 0.25) is 5.89 Å². The van der Waals surface area contributed by atoms with E-state index in [1.54, 1.807) is 9.42 Å². The average Bonchev–Trinajstić information content (AvgIpc) is 3.30. The number of amides is 1. The van der Waals surface area contributed by atoms with Crippen molar-refractivity contribution in [2.24, 2.45) is 0 Å². The third-order valence-electron chi connectivity index (χ3n) is 4.37.